The highest BCUT2D eigenvalue weighted by Gasteiger charge is 2.20. The highest BCUT2D eigenvalue weighted by molar-refractivity contribution is 7.13. The Morgan fingerprint density at radius 1 is 1.28 bits per heavy atom. The van der Waals surface area contributed by atoms with Crippen molar-refractivity contribution in [3.05, 3.63) is 74.0 Å². The minimum Gasteiger partial charge on any atom is -0.358 e. The average molecular weight is 410 g/mol. The van der Waals surface area contributed by atoms with Crippen LogP contribution in [0.5, 0.6) is 0 Å². The van der Waals surface area contributed by atoms with Gasteiger partial charge in [-0.15, -0.1) is 11.3 Å². The summed E-state index contributed by atoms with van der Waals surface area (Å²) in [6, 6.07) is 11.7. The van der Waals surface area contributed by atoms with Gasteiger partial charge in [0.1, 0.15) is 6.54 Å². The first kappa shape index (κ1) is 18.5. The molecule has 11 heteroatoms. The van der Waals surface area contributed by atoms with Gasteiger partial charge in [-0.1, -0.05) is 18.2 Å². The Morgan fingerprint density at radius 2 is 2.07 bits per heavy atom. The zero-order valence-corrected chi connectivity index (χ0v) is 15.9. The molecule has 146 valence electrons. The Hall–Kier alpha value is -3.86. The summed E-state index contributed by atoms with van der Waals surface area (Å²) in [5.41, 5.74) is 3.10. The molecule has 29 heavy (non-hydrogen) atoms. The zero-order chi connectivity index (χ0) is 20.5. The zero-order valence-electron chi connectivity index (χ0n) is 15.1. The number of thiophene rings is 1. The molecule has 0 aliphatic carbocycles. The average Bonchev–Trinajstić information content (AvgIpc) is 3.34. The van der Waals surface area contributed by atoms with Gasteiger partial charge in [0.2, 0.25) is 0 Å². The van der Waals surface area contributed by atoms with Crippen LogP contribution in [-0.2, 0) is 11.3 Å². The van der Waals surface area contributed by atoms with E-state index >= 15 is 0 Å². The number of aromatic nitrogens is 4. The van der Waals surface area contributed by atoms with Crippen LogP contribution in [-0.4, -0.2) is 30.3 Å². The van der Waals surface area contributed by atoms with Crippen molar-refractivity contribution in [1.82, 2.24) is 19.4 Å². The quantitative estimate of drug-likeness (QED) is 0.398. The molecule has 0 bridgehead atoms. The van der Waals surface area contributed by atoms with Crippen LogP contribution in [0, 0.1) is 17.0 Å². The Bertz CT molecular complexity index is 1290. The summed E-state index contributed by atoms with van der Waals surface area (Å²) in [7, 11) is 0. The van der Waals surface area contributed by atoms with Gasteiger partial charge in [-0.3, -0.25) is 15.0 Å². The van der Waals surface area contributed by atoms with Crippen LogP contribution in [0.2, 0.25) is 0 Å². The number of rotatable bonds is 5. The lowest BCUT2D eigenvalue weighted by molar-refractivity contribution is -0.389. The molecule has 0 fully saturated rings. The van der Waals surface area contributed by atoms with Gasteiger partial charge in [0.05, 0.1) is 32.6 Å². The normalized spacial score (nSPS) is 10.9. The molecule has 3 aromatic heterocycles. The maximum absolute atomic E-state index is 13.0. The molecule has 0 saturated heterocycles. The summed E-state index contributed by atoms with van der Waals surface area (Å²) in [6.45, 7) is 1.32. The van der Waals surface area contributed by atoms with Crippen molar-refractivity contribution in [2.45, 2.75) is 13.5 Å². The molecule has 0 atom stereocenters. The number of hydrogen-bond acceptors (Lipinski definition) is 7. The highest BCUT2D eigenvalue weighted by Crippen LogP contribution is 2.23. The minimum atomic E-state index is -0.631. The fourth-order valence-corrected chi connectivity index (χ4v) is 3.55. The SMILES string of the molecule is Cc1cc([N+](=O)[O-])nn1CC(=O)Nn1c(-c2cccs2)nc2ccccc2c1=O. The van der Waals surface area contributed by atoms with E-state index in [-0.39, 0.29) is 12.4 Å². The van der Waals surface area contributed by atoms with E-state index in [0.29, 0.717) is 27.3 Å². The molecule has 0 saturated carbocycles. The number of fused-ring (bicyclic) bond motifs is 1. The molecule has 4 aromatic rings. The number of benzene rings is 1. The van der Waals surface area contributed by atoms with Gasteiger partial charge in [-0.05, 0) is 35.4 Å². The summed E-state index contributed by atoms with van der Waals surface area (Å²) in [4.78, 5) is 41.1. The first-order valence-electron chi connectivity index (χ1n) is 8.48. The van der Waals surface area contributed by atoms with Gasteiger partial charge in [0.15, 0.2) is 5.82 Å². The van der Waals surface area contributed by atoms with Crippen LogP contribution in [0.4, 0.5) is 5.82 Å². The number of hydrogen-bond donors (Lipinski definition) is 1. The molecule has 10 nitrogen and oxygen atoms in total. The molecule has 0 radical (unpaired) electrons. The molecule has 0 unspecified atom stereocenters. The molecular weight excluding hydrogens is 396 g/mol. The van der Waals surface area contributed by atoms with Gasteiger partial charge >= 0.3 is 5.82 Å². The minimum absolute atomic E-state index is 0.289. The lowest BCUT2D eigenvalue weighted by atomic mass is 10.2. The number of amides is 1. The summed E-state index contributed by atoms with van der Waals surface area (Å²) < 4.78 is 2.31. The second-order valence-electron chi connectivity index (χ2n) is 6.16. The van der Waals surface area contributed by atoms with Crippen molar-refractivity contribution in [1.29, 1.82) is 0 Å². The number of nitrogens with one attached hydrogen (secondary N) is 1. The fourth-order valence-electron chi connectivity index (χ4n) is 2.85. The number of para-hydroxylation sites is 1. The van der Waals surface area contributed by atoms with E-state index in [1.54, 1.807) is 37.3 Å². The Balaban J connectivity index is 1.72. The summed E-state index contributed by atoms with van der Waals surface area (Å²) in [6.07, 6.45) is 0. The standard InChI is InChI=1S/C18H14N6O4S/c1-11-9-15(24(27)28)20-22(11)10-16(25)21-23-17(14-7-4-8-29-14)19-13-6-3-2-5-12(13)18(23)26/h2-9H,10H2,1H3,(H,21,25). The third kappa shape index (κ3) is 3.50. The van der Waals surface area contributed by atoms with E-state index in [9.17, 15) is 19.7 Å². The topological polar surface area (TPSA) is 125 Å². The predicted octanol–water partition coefficient (Wildman–Crippen LogP) is 2.31. The largest absolute Gasteiger partial charge is 0.390 e. The second kappa shape index (κ2) is 7.28. The molecule has 0 spiro atoms. The van der Waals surface area contributed by atoms with Crippen molar-refractivity contribution >= 4 is 34.0 Å². The molecular formula is C18H14N6O4S. The van der Waals surface area contributed by atoms with Gasteiger partial charge < -0.3 is 10.1 Å². The van der Waals surface area contributed by atoms with Crippen molar-refractivity contribution in [3.63, 3.8) is 0 Å². The molecule has 1 N–H and O–H groups in total. The van der Waals surface area contributed by atoms with Crippen LogP contribution >= 0.6 is 11.3 Å². The van der Waals surface area contributed by atoms with Crippen molar-refractivity contribution in [3.8, 4) is 10.7 Å². The van der Waals surface area contributed by atoms with Crippen LogP contribution in [0.25, 0.3) is 21.6 Å². The van der Waals surface area contributed by atoms with Gasteiger partial charge in [-0.2, -0.15) is 9.36 Å². The Labute approximate surface area is 167 Å². The molecule has 1 aromatic carbocycles. The second-order valence-corrected chi connectivity index (χ2v) is 7.11. The van der Waals surface area contributed by atoms with Crippen LogP contribution in [0.3, 0.4) is 0 Å². The smallest absolute Gasteiger partial charge is 0.358 e. The number of carbonyl (C=O) groups excluding carboxylic acids is 1. The lowest BCUT2D eigenvalue weighted by Crippen LogP contribution is -2.36. The maximum atomic E-state index is 13.0. The van der Waals surface area contributed by atoms with Gasteiger partial charge in [0.25, 0.3) is 11.5 Å². The number of aryl methyl sites for hydroxylation is 1. The lowest BCUT2D eigenvalue weighted by Gasteiger charge is -2.13. The molecule has 4 rings (SSSR count). The fraction of sp³-hybridized carbons (Fsp3) is 0.111. The van der Waals surface area contributed by atoms with Crippen molar-refractivity contribution in [2.24, 2.45) is 0 Å². The number of carbonyl (C=O) groups is 1. The Kier molecular flexibility index (Phi) is 4.64. The van der Waals surface area contributed by atoms with E-state index in [2.05, 4.69) is 15.5 Å². The summed E-state index contributed by atoms with van der Waals surface area (Å²) in [5, 5.41) is 16.9. The van der Waals surface area contributed by atoms with Crippen LogP contribution < -0.4 is 11.0 Å². The first-order chi connectivity index (χ1) is 13.9. The first-order valence-corrected chi connectivity index (χ1v) is 9.36. The number of nitrogens with zero attached hydrogens (tertiary/aromatic N) is 5. The van der Waals surface area contributed by atoms with Crippen molar-refractivity contribution < 1.29 is 9.72 Å². The Morgan fingerprint density at radius 3 is 2.76 bits per heavy atom. The van der Waals surface area contributed by atoms with E-state index in [4.69, 9.17) is 0 Å². The van der Waals surface area contributed by atoms with Crippen LogP contribution in [0.1, 0.15) is 5.69 Å². The molecule has 3 heterocycles. The molecule has 0 aliphatic heterocycles. The maximum Gasteiger partial charge on any atom is 0.390 e. The third-order valence-corrected chi connectivity index (χ3v) is 5.07. The van der Waals surface area contributed by atoms with E-state index in [1.165, 1.54) is 22.1 Å². The van der Waals surface area contributed by atoms with Gasteiger partial charge in [-0.25, -0.2) is 4.98 Å². The van der Waals surface area contributed by atoms with E-state index < -0.39 is 16.4 Å². The van der Waals surface area contributed by atoms with Crippen molar-refractivity contribution in [2.75, 3.05) is 5.43 Å². The summed E-state index contributed by atoms with van der Waals surface area (Å²) >= 11 is 1.38. The molecule has 0 aliphatic rings. The molecule has 1 amide bonds. The third-order valence-electron chi connectivity index (χ3n) is 4.20. The predicted molar refractivity (Wildman–Crippen MR) is 107 cm³/mol. The summed E-state index contributed by atoms with van der Waals surface area (Å²) in [5.74, 6) is -0.609. The van der Waals surface area contributed by atoms with E-state index in [1.807, 2.05) is 11.4 Å². The monoisotopic (exact) mass is 410 g/mol. The van der Waals surface area contributed by atoms with Crippen LogP contribution in [0.15, 0.2) is 52.6 Å². The van der Waals surface area contributed by atoms with E-state index in [0.717, 1.165) is 4.68 Å². The number of nitro groups is 1. The highest BCUT2D eigenvalue weighted by atomic mass is 32.1. The van der Waals surface area contributed by atoms with Gasteiger partial charge in [0, 0.05) is 0 Å².